The summed E-state index contributed by atoms with van der Waals surface area (Å²) in [5.74, 6) is 1.39. The number of benzene rings is 1. The summed E-state index contributed by atoms with van der Waals surface area (Å²) < 4.78 is 3.71. The monoisotopic (exact) mass is 324 g/mol. The summed E-state index contributed by atoms with van der Waals surface area (Å²) >= 11 is 0. The zero-order valence-electron chi connectivity index (χ0n) is 14.2. The first kappa shape index (κ1) is 15.9. The molecule has 0 aliphatic carbocycles. The van der Waals surface area contributed by atoms with Crippen molar-refractivity contribution in [2.24, 2.45) is 7.05 Å². The van der Waals surface area contributed by atoms with Crippen LogP contribution in [0.5, 0.6) is 0 Å². The molecule has 3 aromatic rings. The second kappa shape index (κ2) is 6.27. The zero-order chi connectivity index (χ0) is 17.3. The summed E-state index contributed by atoms with van der Waals surface area (Å²) in [6, 6.07) is 9.39. The topological polar surface area (TPSA) is 77.6 Å². The summed E-state index contributed by atoms with van der Waals surface area (Å²) in [7, 11) is 1.88. The minimum atomic E-state index is -0.143. The molecule has 0 saturated heterocycles. The van der Waals surface area contributed by atoms with Gasteiger partial charge in [-0.25, -0.2) is 4.68 Å². The molecule has 0 aliphatic heterocycles. The molecule has 0 unspecified atom stereocenters. The van der Waals surface area contributed by atoms with Gasteiger partial charge in [0.1, 0.15) is 5.82 Å². The van der Waals surface area contributed by atoms with Gasteiger partial charge >= 0.3 is 0 Å². The highest BCUT2D eigenvalue weighted by Gasteiger charge is 2.10. The Balaban J connectivity index is 1.70. The fraction of sp³-hybridized carbons (Fsp3) is 0.294. The first-order valence-corrected chi connectivity index (χ1v) is 7.72. The Morgan fingerprint density at radius 3 is 2.38 bits per heavy atom. The number of carbonyl (C=O) groups is 1. The van der Waals surface area contributed by atoms with Crippen molar-refractivity contribution in [3.05, 3.63) is 58.9 Å². The average molecular weight is 324 g/mol. The summed E-state index contributed by atoms with van der Waals surface area (Å²) in [5, 5.41) is 15.3. The van der Waals surface area contributed by atoms with Crippen LogP contribution < -0.4 is 5.32 Å². The van der Waals surface area contributed by atoms with Crippen LogP contribution in [-0.2, 0) is 13.6 Å². The van der Waals surface area contributed by atoms with Gasteiger partial charge in [-0.1, -0.05) is 0 Å². The first-order valence-electron chi connectivity index (χ1n) is 7.72. The number of aryl methyl sites for hydroxylation is 3. The summed E-state index contributed by atoms with van der Waals surface area (Å²) in [5.41, 5.74) is 3.55. The van der Waals surface area contributed by atoms with Gasteiger partial charge in [0.25, 0.3) is 5.91 Å². The second-order valence-corrected chi connectivity index (χ2v) is 5.79. The highest BCUT2D eigenvalue weighted by Crippen LogP contribution is 2.13. The van der Waals surface area contributed by atoms with Gasteiger partial charge in [0.05, 0.1) is 17.9 Å². The van der Waals surface area contributed by atoms with Gasteiger partial charge in [-0.15, -0.1) is 10.2 Å². The van der Waals surface area contributed by atoms with E-state index >= 15 is 0 Å². The maximum absolute atomic E-state index is 12.3. The van der Waals surface area contributed by atoms with Crippen LogP contribution in [0.25, 0.3) is 5.69 Å². The molecule has 0 aliphatic rings. The Morgan fingerprint density at radius 2 is 1.83 bits per heavy atom. The van der Waals surface area contributed by atoms with E-state index in [4.69, 9.17) is 0 Å². The number of carbonyl (C=O) groups excluding carboxylic acids is 1. The molecule has 0 atom stereocenters. The Labute approximate surface area is 140 Å². The van der Waals surface area contributed by atoms with Crippen molar-refractivity contribution in [2.45, 2.75) is 27.3 Å². The number of rotatable bonds is 4. The van der Waals surface area contributed by atoms with Crippen LogP contribution in [-0.4, -0.2) is 30.5 Å². The smallest absolute Gasteiger partial charge is 0.251 e. The number of nitrogens with one attached hydrogen (secondary N) is 1. The number of amides is 1. The minimum Gasteiger partial charge on any atom is -0.345 e. The molecule has 7 heteroatoms. The molecule has 124 valence electrons. The highest BCUT2D eigenvalue weighted by atomic mass is 16.1. The van der Waals surface area contributed by atoms with Crippen LogP contribution in [0.2, 0.25) is 0 Å². The molecule has 0 spiro atoms. The van der Waals surface area contributed by atoms with Crippen molar-refractivity contribution in [1.29, 1.82) is 0 Å². The predicted octanol–water partition coefficient (Wildman–Crippen LogP) is 1.86. The Kier molecular flexibility index (Phi) is 4.16. The molecule has 1 aromatic carbocycles. The molecule has 7 nitrogen and oxygen atoms in total. The molecule has 2 aromatic heterocycles. The second-order valence-electron chi connectivity index (χ2n) is 5.79. The van der Waals surface area contributed by atoms with Crippen LogP contribution in [0, 0.1) is 20.8 Å². The third-order valence-corrected chi connectivity index (χ3v) is 3.97. The standard InChI is InChI=1S/C17H20N6O/c1-11-9-12(2)23(21-11)15-7-5-14(6-8-15)17(24)18-10-16-20-19-13(3)22(16)4/h5-9H,10H2,1-4H3,(H,18,24). The van der Waals surface area contributed by atoms with Crippen molar-refractivity contribution in [2.75, 3.05) is 0 Å². The fourth-order valence-electron chi connectivity index (χ4n) is 2.51. The van der Waals surface area contributed by atoms with E-state index in [2.05, 4.69) is 20.6 Å². The van der Waals surface area contributed by atoms with Crippen molar-refractivity contribution in [3.63, 3.8) is 0 Å². The van der Waals surface area contributed by atoms with E-state index in [1.165, 1.54) is 0 Å². The van der Waals surface area contributed by atoms with Gasteiger partial charge in [-0.05, 0) is 51.1 Å². The summed E-state index contributed by atoms with van der Waals surface area (Å²) in [6.45, 7) is 6.18. The van der Waals surface area contributed by atoms with Crippen LogP contribution in [0.3, 0.4) is 0 Å². The molecule has 2 heterocycles. The molecule has 0 bridgehead atoms. The van der Waals surface area contributed by atoms with Crippen LogP contribution in [0.15, 0.2) is 30.3 Å². The third-order valence-electron chi connectivity index (χ3n) is 3.97. The predicted molar refractivity (Wildman–Crippen MR) is 89.9 cm³/mol. The van der Waals surface area contributed by atoms with Crippen molar-refractivity contribution < 1.29 is 4.79 Å². The Hall–Kier alpha value is -2.96. The van der Waals surface area contributed by atoms with Gasteiger partial charge < -0.3 is 9.88 Å². The van der Waals surface area contributed by atoms with E-state index < -0.39 is 0 Å². The lowest BCUT2D eigenvalue weighted by Gasteiger charge is -2.07. The lowest BCUT2D eigenvalue weighted by atomic mass is 10.2. The van der Waals surface area contributed by atoms with Gasteiger partial charge in [0.2, 0.25) is 0 Å². The minimum absolute atomic E-state index is 0.143. The van der Waals surface area contributed by atoms with E-state index in [1.807, 2.05) is 55.3 Å². The zero-order valence-corrected chi connectivity index (χ0v) is 14.2. The van der Waals surface area contributed by atoms with Crippen LogP contribution >= 0.6 is 0 Å². The SMILES string of the molecule is Cc1cc(C)n(-c2ccc(C(=O)NCc3nnc(C)n3C)cc2)n1. The summed E-state index contributed by atoms with van der Waals surface area (Å²) in [6.07, 6.45) is 0. The number of hydrogen-bond donors (Lipinski definition) is 1. The van der Waals surface area contributed by atoms with E-state index in [0.717, 1.165) is 28.7 Å². The molecular formula is C17H20N6O. The highest BCUT2D eigenvalue weighted by molar-refractivity contribution is 5.94. The quantitative estimate of drug-likeness (QED) is 0.794. The van der Waals surface area contributed by atoms with Gasteiger partial charge in [0, 0.05) is 18.3 Å². The number of nitrogens with zero attached hydrogens (tertiary/aromatic N) is 5. The Morgan fingerprint density at radius 1 is 1.12 bits per heavy atom. The lowest BCUT2D eigenvalue weighted by molar-refractivity contribution is 0.0949. The summed E-state index contributed by atoms with van der Waals surface area (Å²) in [4.78, 5) is 12.3. The molecular weight excluding hydrogens is 304 g/mol. The first-order chi connectivity index (χ1) is 11.5. The number of aromatic nitrogens is 5. The number of hydrogen-bond acceptors (Lipinski definition) is 4. The molecule has 24 heavy (non-hydrogen) atoms. The Bertz CT molecular complexity index is 875. The maximum atomic E-state index is 12.3. The van der Waals surface area contributed by atoms with Crippen LogP contribution in [0.4, 0.5) is 0 Å². The van der Waals surface area contributed by atoms with Gasteiger partial charge in [0.15, 0.2) is 5.82 Å². The van der Waals surface area contributed by atoms with Crippen LogP contribution in [0.1, 0.15) is 33.4 Å². The molecule has 0 saturated carbocycles. The van der Waals surface area contributed by atoms with E-state index in [9.17, 15) is 4.79 Å². The normalized spacial score (nSPS) is 10.8. The molecule has 1 N–H and O–H groups in total. The molecule has 0 radical (unpaired) electrons. The van der Waals surface area contributed by atoms with Crippen molar-refractivity contribution >= 4 is 5.91 Å². The van der Waals surface area contributed by atoms with Crippen molar-refractivity contribution in [3.8, 4) is 5.69 Å². The van der Waals surface area contributed by atoms with Crippen molar-refractivity contribution in [1.82, 2.24) is 29.9 Å². The molecule has 1 amide bonds. The fourth-order valence-corrected chi connectivity index (χ4v) is 2.51. The van der Waals surface area contributed by atoms with E-state index in [-0.39, 0.29) is 5.91 Å². The third kappa shape index (κ3) is 3.05. The largest absolute Gasteiger partial charge is 0.345 e. The average Bonchev–Trinajstić information content (AvgIpc) is 3.07. The molecule has 3 rings (SSSR count). The van der Waals surface area contributed by atoms with Gasteiger partial charge in [-0.2, -0.15) is 5.10 Å². The molecule has 0 fully saturated rings. The maximum Gasteiger partial charge on any atom is 0.251 e. The van der Waals surface area contributed by atoms with E-state index in [1.54, 1.807) is 12.1 Å². The van der Waals surface area contributed by atoms with Gasteiger partial charge in [-0.3, -0.25) is 4.79 Å². The van der Waals surface area contributed by atoms with E-state index in [0.29, 0.717) is 12.1 Å². The lowest BCUT2D eigenvalue weighted by Crippen LogP contribution is -2.24.